The zero-order chi connectivity index (χ0) is 17.4. The Morgan fingerprint density at radius 3 is 2.76 bits per heavy atom. The van der Waals surface area contributed by atoms with Crippen LogP contribution in [0, 0.1) is 6.92 Å². The van der Waals surface area contributed by atoms with Crippen molar-refractivity contribution in [2.24, 2.45) is 0 Å². The smallest absolute Gasteiger partial charge is 0.323 e. The summed E-state index contributed by atoms with van der Waals surface area (Å²) in [5, 5.41) is 10.4. The number of aromatic nitrogens is 2. The second kappa shape index (κ2) is 6.44. The molecule has 1 atom stereocenters. The Bertz CT molecular complexity index is 664. The lowest BCUT2D eigenvalue weighted by atomic mass is 9.94. The van der Waals surface area contributed by atoms with Crippen LogP contribution in [0.15, 0.2) is 6.07 Å². The van der Waals surface area contributed by atoms with E-state index in [1.54, 1.807) is 0 Å². The number of rotatable bonds is 4. The molecule has 1 aliphatic carbocycles. The molecule has 1 spiro atoms. The first kappa shape index (κ1) is 16.6. The van der Waals surface area contributed by atoms with Crippen molar-refractivity contribution >= 4 is 11.9 Å². The molecule has 3 heterocycles. The molecule has 1 aromatic heterocycles. The maximum absolute atomic E-state index is 12.7. The summed E-state index contributed by atoms with van der Waals surface area (Å²) in [6.07, 6.45) is 5.90. The monoisotopic (exact) mass is 345 g/mol. The summed E-state index contributed by atoms with van der Waals surface area (Å²) in [5.41, 5.74) is 1.63. The van der Waals surface area contributed by atoms with Crippen LogP contribution in [0.5, 0.6) is 0 Å². The van der Waals surface area contributed by atoms with E-state index in [1.165, 1.54) is 4.90 Å². The zero-order valence-corrected chi connectivity index (χ0v) is 14.9. The van der Waals surface area contributed by atoms with Crippen LogP contribution in [-0.2, 0) is 4.79 Å². The highest BCUT2D eigenvalue weighted by Crippen LogP contribution is 2.35. The molecule has 0 radical (unpaired) electrons. The number of nitrogens with zero attached hydrogens (tertiary/aromatic N) is 3. The van der Waals surface area contributed by atoms with E-state index in [0.717, 1.165) is 69.5 Å². The standard InChI is InChI=1S/C18H27N5O2/c1-13-11-15(21-20-13)14-5-4-8-22(12-14)9-10-23-16(24)18(19-17(23)25)6-2-3-7-18/h11,14H,2-10,12H2,1H3,(H,19,25)(H,20,21)/t14-/m1/s1. The maximum Gasteiger partial charge on any atom is 0.325 e. The minimum Gasteiger partial charge on any atom is -0.323 e. The number of carbonyl (C=O) groups excluding carboxylic acids is 2. The first-order valence-electron chi connectivity index (χ1n) is 9.46. The van der Waals surface area contributed by atoms with Gasteiger partial charge >= 0.3 is 6.03 Å². The summed E-state index contributed by atoms with van der Waals surface area (Å²) in [6, 6.07) is 1.92. The molecule has 3 amide bonds. The Kier molecular flexibility index (Phi) is 4.27. The molecule has 2 saturated heterocycles. The van der Waals surface area contributed by atoms with Crippen molar-refractivity contribution < 1.29 is 9.59 Å². The SMILES string of the molecule is Cc1cc([C@@H]2CCCN(CCN3C(=O)NC4(CCCC4)C3=O)C2)n[nH]1. The molecule has 2 N–H and O–H groups in total. The minimum absolute atomic E-state index is 0.00788. The molecule has 3 aliphatic rings. The largest absolute Gasteiger partial charge is 0.325 e. The van der Waals surface area contributed by atoms with Crippen LogP contribution >= 0.6 is 0 Å². The van der Waals surface area contributed by atoms with Crippen molar-refractivity contribution in [3.05, 3.63) is 17.5 Å². The van der Waals surface area contributed by atoms with Crippen molar-refractivity contribution in [3.8, 4) is 0 Å². The fourth-order valence-electron chi connectivity index (χ4n) is 4.59. The van der Waals surface area contributed by atoms with Crippen LogP contribution < -0.4 is 5.32 Å². The van der Waals surface area contributed by atoms with E-state index in [2.05, 4.69) is 26.5 Å². The molecule has 2 aliphatic heterocycles. The van der Waals surface area contributed by atoms with Gasteiger partial charge in [0.05, 0.1) is 5.69 Å². The maximum atomic E-state index is 12.7. The average Bonchev–Trinajstić information content (AvgIpc) is 3.29. The van der Waals surface area contributed by atoms with E-state index in [4.69, 9.17) is 0 Å². The van der Waals surface area contributed by atoms with Gasteiger partial charge < -0.3 is 10.2 Å². The number of aromatic amines is 1. The summed E-state index contributed by atoms with van der Waals surface area (Å²) in [5.74, 6) is 0.425. The average molecular weight is 345 g/mol. The van der Waals surface area contributed by atoms with Gasteiger partial charge in [-0.1, -0.05) is 12.8 Å². The fraction of sp³-hybridized carbons (Fsp3) is 0.722. The van der Waals surface area contributed by atoms with Crippen molar-refractivity contribution in [2.75, 3.05) is 26.2 Å². The predicted octanol–water partition coefficient (Wildman–Crippen LogP) is 1.76. The van der Waals surface area contributed by atoms with Crippen molar-refractivity contribution in [3.63, 3.8) is 0 Å². The minimum atomic E-state index is -0.589. The van der Waals surface area contributed by atoms with E-state index in [1.807, 2.05) is 6.92 Å². The fourth-order valence-corrected chi connectivity index (χ4v) is 4.59. The number of H-pyrrole nitrogens is 1. The summed E-state index contributed by atoms with van der Waals surface area (Å²) < 4.78 is 0. The first-order valence-corrected chi connectivity index (χ1v) is 9.46. The Balaban J connectivity index is 1.35. The topological polar surface area (TPSA) is 81.3 Å². The Hall–Kier alpha value is -1.89. The highest BCUT2D eigenvalue weighted by molar-refractivity contribution is 6.07. The second-order valence-electron chi connectivity index (χ2n) is 7.79. The first-order chi connectivity index (χ1) is 12.1. The van der Waals surface area contributed by atoms with Crippen LogP contribution in [0.1, 0.15) is 55.8 Å². The molecule has 0 aromatic carbocycles. The quantitative estimate of drug-likeness (QED) is 0.815. The molecular weight excluding hydrogens is 318 g/mol. The number of hydrogen-bond acceptors (Lipinski definition) is 4. The summed E-state index contributed by atoms with van der Waals surface area (Å²) in [6.45, 7) is 5.22. The molecule has 4 rings (SSSR count). The number of imide groups is 1. The molecule has 1 saturated carbocycles. The third kappa shape index (κ3) is 3.05. The number of nitrogens with one attached hydrogen (secondary N) is 2. The molecule has 25 heavy (non-hydrogen) atoms. The van der Waals surface area contributed by atoms with Gasteiger partial charge in [0.15, 0.2) is 0 Å². The van der Waals surface area contributed by atoms with Crippen molar-refractivity contribution in [1.82, 2.24) is 25.3 Å². The number of piperidine rings is 1. The normalized spacial score (nSPS) is 26.6. The van der Waals surface area contributed by atoms with Crippen molar-refractivity contribution in [1.29, 1.82) is 0 Å². The van der Waals surface area contributed by atoms with Crippen molar-refractivity contribution in [2.45, 2.75) is 56.9 Å². The lowest BCUT2D eigenvalue weighted by molar-refractivity contribution is -0.131. The molecule has 0 bridgehead atoms. The van der Waals surface area contributed by atoms with Crippen LogP contribution in [0.25, 0.3) is 0 Å². The van der Waals surface area contributed by atoms with E-state index in [-0.39, 0.29) is 11.9 Å². The Labute approximate surface area is 148 Å². The highest BCUT2D eigenvalue weighted by atomic mass is 16.2. The van der Waals surface area contributed by atoms with Gasteiger partial charge in [0.25, 0.3) is 5.91 Å². The Morgan fingerprint density at radius 1 is 1.24 bits per heavy atom. The summed E-state index contributed by atoms with van der Waals surface area (Å²) in [4.78, 5) is 28.8. The van der Waals surface area contributed by atoms with Gasteiger partial charge in [0.2, 0.25) is 0 Å². The molecule has 1 aromatic rings. The van der Waals surface area contributed by atoms with Gasteiger partial charge in [0.1, 0.15) is 5.54 Å². The van der Waals surface area contributed by atoms with Crippen LogP contribution in [0.4, 0.5) is 4.79 Å². The van der Waals surface area contributed by atoms with Gasteiger partial charge in [0, 0.05) is 31.2 Å². The van der Waals surface area contributed by atoms with E-state index < -0.39 is 5.54 Å². The molecule has 136 valence electrons. The van der Waals surface area contributed by atoms with Crippen LogP contribution in [-0.4, -0.2) is 63.7 Å². The van der Waals surface area contributed by atoms with Gasteiger partial charge in [-0.2, -0.15) is 5.10 Å². The molecule has 7 nitrogen and oxygen atoms in total. The van der Waals surface area contributed by atoms with Crippen LogP contribution in [0.2, 0.25) is 0 Å². The Morgan fingerprint density at radius 2 is 2.04 bits per heavy atom. The number of carbonyl (C=O) groups is 2. The second-order valence-corrected chi connectivity index (χ2v) is 7.79. The zero-order valence-electron chi connectivity index (χ0n) is 14.9. The number of urea groups is 1. The third-order valence-corrected chi connectivity index (χ3v) is 5.99. The van der Waals surface area contributed by atoms with Gasteiger partial charge in [-0.05, 0) is 45.2 Å². The van der Waals surface area contributed by atoms with E-state index >= 15 is 0 Å². The number of aryl methyl sites for hydroxylation is 1. The van der Waals surface area contributed by atoms with Gasteiger partial charge in [-0.25, -0.2) is 4.79 Å². The number of likely N-dealkylation sites (tertiary alicyclic amines) is 1. The number of amides is 3. The highest BCUT2D eigenvalue weighted by Gasteiger charge is 2.52. The third-order valence-electron chi connectivity index (χ3n) is 5.99. The van der Waals surface area contributed by atoms with Gasteiger partial charge in [-0.15, -0.1) is 0 Å². The van der Waals surface area contributed by atoms with Crippen LogP contribution in [0.3, 0.4) is 0 Å². The van der Waals surface area contributed by atoms with E-state index in [0.29, 0.717) is 12.5 Å². The molecule has 3 fully saturated rings. The molecular formula is C18H27N5O2. The molecule has 0 unspecified atom stereocenters. The van der Waals surface area contributed by atoms with E-state index in [9.17, 15) is 9.59 Å². The number of hydrogen-bond donors (Lipinski definition) is 2. The predicted molar refractivity (Wildman–Crippen MR) is 93.2 cm³/mol. The lowest BCUT2D eigenvalue weighted by Crippen LogP contribution is -2.45. The van der Waals surface area contributed by atoms with Gasteiger partial charge in [-0.3, -0.25) is 14.8 Å². The lowest BCUT2D eigenvalue weighted by Gasteiger charge is -2.32. The summed E-state index contributed by atoms with van der Waals surface area (Å²) >= 11 is 0. The molecule has 7 heteroatoms. The summed E-state index contributed by atoms with van der Waals surface area (Å²) in [7, 11) is 0.